The molecule has 0 amide bonds. The molecule has 1 saturated heterocycles. The van der Waals surface area contributed by atoms with Crippen molar-refractivity contribution in [1.29, 1.82) is 0 Å². The fourth-order valence-corrected chi connectivity index (χ4v) is 1.98. The highest BCUT2D eigenvalue weighted by atomic mass is 19.1. The Labute approximate surface area is 93.0 Å². The van der Waals surface area contributed by atoms with Crippen LogP contribution in [0, 0.1) is 5.82 Å². The van der Waals surface area contributed by atoms with Gasteiger partial charge in [-0.3, -0.25) is 4.79 Å². The molecule has 0 saturated carbocycles. The van der Waals surface area contributed by atoms with E-state index < -0.39 is 5.82 Å². The van der Waals surface area contributed by atoms with Crippen LogP contribution >= 0.6 is 0 Å². The number of hydrogen-bond acceptors (Lipinski definition) is 3. The maximum atomic E-state index is 13.3. The summed E-state index contributed by atoms with van der Waals surface area (Å²) < 4.78 is 20.0. The van der Waals surface area contributed by atoms with E-state index in [1.54, 1.807) is 7.05 Å². The third kappa shape index (κ3) is 2.09. The molecule has 2 heterocycles. The zero-order chi connectivity index (χ0) is 11.5. The van der Waals surface area contributed by atoms with E-state index in [1.807, 2.05) is 0 Å². The third-order valence-corrected chi connectivity index (χ3v) is 2.86. The first-order chi connectivity index (χ1) is 7.72. The average Bonchev–Trinajstić information content (AvgIpc) is 2.33. The summed E-state index contributed by atoms with van der Waals surface area (Å²) in [5.74, 6) is -0.393. The normalized spacial score (nSPS) is 17.4. The second kappa shape index (κ2) is 4.65. The monoisotopic (exact) mass is 226 g/mol. The van der Waals surface area contributed by atoms with Crippen molar-refractivity contribution in [2.75, 3.05) is 25.6 Å². The van der Waals surface area contributed by atoms with Crippen LogP contribution in [0.1, 0.15) is 18.9 Å². The summed E-state index contributed by atoms with van der Waals surface area (Å²) in [5, 5.41) is 2.71. The van der Waals surface area contributed by atoms with Gasteiger partial charge >= 0.3 is 0 Å². The van der Waals surface area contributed by atoms with Gasteiger partial charge in [0.2, 0.25) is 0 Å². The summed E-state index contributed by atoms with van der Waals surface area (Å²) in [6.45, 7) is 1.25. The SMILES string of the molecule is CNc1cc(F)cn(C2CCOCC2)c1=O. The summed E-state index contributed by atoms with van der Waals surface area (Å²) >= 11 is 0. The van der Waals surface area contributed by atoms with Crippen LogP contribution in [-0.4, -0.2) is 24.8 Å². The van der Waals surface area contributed by atoms with Crippen molar-refractivity contribution in [3.63, 3.8) is 0 Å². The van der Waals surface area contributed by atoms with Gasteiger partial charge in [-0.05, 0) is 12.8 Å². The quantitative estimate of drug-likeness (QED) is 0.828. The Morgan fingerprint density at radius 3 is 2.81 bits per heavy atom. The molecule has 5 heteroatoms. The molecule has 16 heavy (non-hydrogen) atoms. The van der Waals surface area contributed by atoms with Crippen molar-refractivity contribution in [2.45, 2.75) is 18.9 Å². The van der Waals surface area contributed by atoms with E-state index in [-0.39, 0.29) is 11.6 Å². The largest absolute Gasteiger partial charge is 0.384 e. The average molecular weight is 226 g/mol. The Kier molecular flexibility index (Phi) is 3.24. The molecule has 1 fully saturated rings. The molecule has 0 aromatic carbocycles. The molecule has 1 aliphatic rings. The van der Waals surface area contributed by atoms with Gasteiger partial charge in [0.25, 0.3) is 5.56 Å². The molecule has 1 aromatic rings. The lowest BCUT2D eigenvalue weighted by Gasteiger charge is -2.24. The zero-order valence-electron chi connectivity index (χ0n) is 9.20. The van der Waals surface area contributed by atoms with E-state index >= 15 is 0 Å². The van der Waals surface area contributed by atoms with Gasteiger partial charge in [0.05, 0.1) is 0 Å². The Morgan fingerprint density at radius 2 is 2.19 bits per heavy atom. The number of aromatic nitrogens is 1. The van der Waals surface area contributed by atoms with Crippen LogP contribution in [0.25, 0.3) is 0 Å². The van der Waals surface area contributed by atoms with Crippen LogP contribution < -0.4 is 10.9 Å². The lowest BCUT2D eigenvalue weighted by Crippen LogP contribution is -2.30. The van der Waals surface area contributed by atoms with Crippen LogP contribution in [-0.2, 0) is 4.74 Å². The van der Waals surface area contributed by atoms with Crippen LogP contribution in [0.5, 0.6) is 0 Å². The maximum Gasteiger partial charge on any atom is 0.274 e. The summed E-state index contributed by atoms with van der Waals surface area (Å²) in [6, 6.07) is 1.27. The van der Waals surface area contributed by atoms with Gasteiger partial charge in [-0.2, -0.15) is 0 Å². The van der Waals surface area contributed by atoms with Crippen LogP contribution in [0.15, 0.2) is 17.1 Å². The minimum absolute atomic E-state index is 0.0454. The number of halogens is 1. The maximum absolute atomic E-state index is 13.3. The molecular weight excluding hydrogens is 211 g/mol. The molecule has 4 nitrogen and oxygen atoms in total. The van der Waals surface area contributed by atoms with E-state index in [0.29, 0.717) is 18.9 Å². The van der Waals surface area contributed by atoms with Gasteiger partial charge in [-0.15, -0.1) is 0 Å². The number of nitrogens with one attached hydrogen (secondary N) is 1. The van der Waals surface area contributed by atoms with Crippen molar-refractivity contribution in [2.24, 2.45) is 0 Å². The zero-order valence-corrected chi connectivity index (χ0v) is 9.20. The molecule has 1 aromatic heterocycles. The van der Waals surface area contributed by atoms with E-state index in [2.05, 4.69) is 5.32 Å². The fourth-order valence-electron chi connectivity index (χ4n) is 1.98. The Morgan fingerprint density at radius 1 is 1.50 bits per heavy atom. The van der Waals surface area contributed by atoms with Gasteiger partial charge in [-0.1, -0.05) is 0 Å². The summed E-state index contributed by atoms with van der Waals surface area (Å²) in [4.78, 5) is 11.9. The topological polar surface area (TPSA) is 43.3 Å². The number of anilines is 1. The lowest BCUT2D eigenvalue weighted by atomic mass is 10.1. The molecule has 0 radical (unpaired) electrons. The standard InChI is InChI=1S/C11H15FN2O2/c1-13-10-6-8(12)7-14(11(10)15)9-2-4-16-5-3-9/h6-7,9,13H,2-5H2,1H3. The van der Waals surface area contributed by atoms with Gasteiger partial charge in [-0.25, -0.2) is 4.39 Å². The molecule has 0 atom stereocenters. The number of rotatable bonds is 2. The highest BCUT2D eigenvalue weighted by Gasteiger charge is 2.18. The molecular formula is C11H15FN2O2. The molecule has 2 rings (SSSR count). The molecule has 0 spiro atoms. The van der Waals surface area contributed by atoms with Crippen molar-refractivity contribution < 1.29 is 9.13 Å². The number of pyridine rings is 1. The molecule has 88 valence electrons. The fraction of sp³-hybridized carbons (Fsp3) is 0.545. The summed E-state index contributed by atoms with van der Waals surface area (Å²) in [5.41, 5.74) is 0.127. The molecule has 1 N–H and O–H groups in total. The summed E-state index contributed by atoms with van der Waals surface area (Å²) in [6.07, 6.45) is 2.79. The smallest absolute Gasteiger partial charge is 0.274 e. The predicted octanol–water partition coefficient (Wildman–Crippen LogP) is 1.38. The highest BCUT2D eigenvalue weighted by Crippen LogP contribution is 2.20. The van der Waals surface area contributed by atoms with Crippen LogP contribution in [0.3, 0.4) is 0 Å². The van der Waals surface area contributed by atoms with Crippen molar-refractivity contribution in [3.05, 3.63) is 28.4 Å². The number of ether oxygens (including phenoxy) is 1. The second-order valence-electron chi connectivity index (χ2n) is 3.88. The second-order valence-corrected chi connectivity index (χ2v) is 3.88. The minimum atomic E-state index is -0.393. The highest BCUT2D eigenvalue weighted by molar-refractivity contribution is 5.40. The predicted molar refractivity (Wildman–Crippen MR) is 59.3 cm³/mol. The Hall–Kier alpha value is -1.36. The van der Waals surface area contributed by atoms with Crippen LogP contribution in [0.2, 0.25) is 0 Å². The van der Waals surface area contributed by atoms with E-state index in [9.17, 15) is 9.18 Å². The van der Waals surface area contributed by atoms with Gasteiger partial charge < -0.3 is 14.6 Å². The molecule has 0 unspecified atom stereocenters. The lowest BCUT2D eigenvalue weighted by molar-refractivity contribution is 0.0684. The van der Waals surface area contributed by atoms with Crippen molar-refractivity contribution >= 4 is 5.69 Å². The number of hydrogen-bond donors (Lipinski definition) is 1. The van der Waals surface area contributed by atoms with E-state index in [0.717, 1.165) is 12.8 Å². The Bertz CT molecular complexity index is 424. The Balaban J connectivity index is 2.38. The summed E-state index contributed by atoms with van der Waals surface area (Å²) in [7, 11) is 1.62. The number of nitrogens with zero attached hydrogens (tertiary/aromatic N) is 1. The third-order valence-electron chi connectivity index (χ3n) is 2.86. The van der Waals surface area contributed by atoms with Crippen molar-refractivity contribution in [3.8, 4) is 0 Å². The minimum Gasteiger partial charge on any atom is -0.384 e. The molecule has 0 aliphatic carbocycles. The van der Waals surface area contributed by atoms with E-state index in [1.165, 1.54) is 16.8 Å². The van der Waals surface area contributed by atoms with E-state index in [4.69, 9.17) is 4.74 Å². The van der Waals surface area contributed by atoms with Crippen LogP contribution in [0.4, 0.5) is 10.1 Å². The molecule has 0 bridgehead atoms. The van der Waals surface area contributed by atoms with Crippen molar-refractivity contribution in [1.82, 2.24) is 4.57 Å². The molecule has 1 aliphatic heterocycles. The van der Waals surface area contributed by atoms with Gasteiger partial charge in [0, 0.05) is 38.6 Å². The first-order valence-corrected chi connectivity index (χ1v) is 5.39. The van der Waals surface area contributed by atoms with Gasteiger partial charge in [0.15, 0.2) is 0 Å². The first-order valence-electron chi connectivity index (χ1n) is 5.39. The first kappa shape index (κ1) is 11.1. The van der Waals surface area contributed by atoms with Gasteiger partial charge in [0.1, 0.15) is 11.5 Å².